The van der Waals surface area contributed by atoms with E-state index in [9.17, 15) is 18.0 Å². The van der Waals surface area contributed by atoms with Crippen molar-refractivity contribution in [3.8, 4) is 0 Å². The molecule has 0 heterocycles. The molecule has 0 aromatic carbocycles. The summed E-state index contributed by atoms with van der Waals surface area (Å²) in [6.07, 6.45) is 39.7. The summed E-state index contributed by atoms with van der Waals surface area (Å²) in [7, 11) is -4.42. The summed E-state index contributed by atoms with van der Waals surface area (Å²) in [5.41, 5.74) is -1.54. The van der Waals surface area contributed by atoms with Crippen LogP contribution in [0.1, 0.15) is 201 Å². The van der Waals surface area contributed by atoms with E-state index in [0.717, 1.165) is 64.2 Å². The van der Waals surface area contributed by atoms with Crippen molar-refractivity contribution in [2.24, 2.45) is 5.41 Å². The molecule has 0 atom stereocenters. The second kappa shape index (κ2) is 33.8. The van der Waals surface area contributed by atoms with Crippen LogP contribution in [0, 0.1) is 5.41 Å². The zero-order valence-electron chi connectivity index (χ0n) is 32.0. The number of Topliss-reactive ketones (excluding diaryl/α,β-unsaturated/α-hetero) is 2. The van der Waals surface area contributed by atoms with Gasteiger partial charge in [0.2, 0.25) is 0 Å². The minimum Gasteiger partial charge on any atom is -0.394 e. The number of allylic oxidation sites excluding steroid dienone is 4. The van der Waals surface area contributed by atoms with Gasteiger partial charge in [-0.2, -0.15) is 8.42 Å². The number of hydrogen-bond acceptors (Lipinski definition) is 7. The molecule has 0 radical (unpaired) electrons. The second-order valence-electron chi connectivity index (χ2n) is 14.1. The van der Waals surface area contributed by atoms with Crippen LogP contribution in [0.25, 0.3) is 0 Å². The van der Waals surface area contributed by atoms with Crippen LogP contribution in [0.5, 0.6) is 0 Å². The normalized spacial score (nSPS) is 12.5. The van der Waals surface area contributed by atoms with Crippen molar-refractivity contribution in [2.75, 3.05) is 19.8 Å². The third-order valence-corrected chi connectivity index (χ3v) is 10.2. The number of carbonyl (C=O) groups is 2. The maximum atomic E-state index is 13.3. The summed E-state index contributed by atoms with van der Waals surface area (Å²) in [6.45, 7) is 4.50. The smallest absolute Gasteiger partial charge is 0.394 e. The molecule has 0 aliphatic carbocycles. The van der Waals surface area contributed by atoms with E-state index in [1.165, 1.54) is 96.8 Å². The summed E-state index contributed by atoms with van der Waals surface area (Å²) in [5, 5.41) is 8.90. The number of unbranched alkanes of at least 4 members (excludes halogenated alkanes) is 22. The van der Waals surface area contributed by atoms with Gasteiger partial charge in [0.05, 0.1) is 19.8 Å². The molecule has 1 N–H and O–H groups in total. The molecule has 0 aliphatic heterocycles. The van der Waals surface area contributed by atoms with Crippen LogP contribution in [0.3, 0.4) is 0 Å². The van der Waals surface area contributed by atoms with Crippen LogP contribution in [-0.2, 0) is 28.4 Å². The van der Waals surface area contributed by atoms with Gasteiger partial charge in [-0.05, 0) is 71.1 Å². The number of carbonyl (C=O) groups excluding carboxylic acids is 2. The van der Waals surface area contributed by atoms with Gasteiger partial charge in [-0.1, -0.05) is 141 Å². The SMILES string of the molecule is CCCCCCCC/C=C\CCCCCCCC(=O)C(C)(COS(=O)(=O)OCCO)C(=O)CCCCCCC/C=C\CCCCCCCC. The van der Waals surface area contributed by atoms with E-state index in [1.807, 2.05) is 0 Å². The molecule has 0 amide bonds. The fourth-order valence-corrected chi connectivity index (χ4v) is 6.67. The molecule has 0 rings (SSSR count). The average Bonchev–Trinajstić information content (AvgIpc) is 3.09. The topological polar surface area (TPSA) is 107 Å². The van der Waals surface area contributed by atoms with Crippen LogP contribution in [0.2, 0.25) is 0 Å². The first-order chi connectivity index (χ1) is 23.7. The molecule has 0 bridgehead atoms. The standard InChI is InChI=1S/C41H76O7S/c1-4-6-8-10-12-14-16-18-20-22-24-26-28-30-32-34-39(43)41(3,38-48-49(45,46)47-37-36-42)40(44)35-33-31-29-27-25-23-21-19-17-15-13-11-9-7-5-2/h18-21,42H,4-17,22-38H2,1-3H3/b20-18-,21-19-. The van der Waals surface area contributed by atoms with Gasteiger partial charge in [0.1, 0.15) is 17.0 Å². The van der Waals surface area contributed by atoms with E-state index < -0.39 is 35.6 Å². The van der Waals surface area contributed by atoms with Crippen LogP contribution < -0.4 is 0 Å². The van der Waals surface area contributed by atoms with Crippen molar-refractivity contribution in [3.63, 3.8) is 0 Å². The fraction of sp³-hybridized carbons (Fsp3) is 0.854. The largest absolute Gasteiger partial charge is 0.399 e. The van der Waals surface area contributed by atoms with E-state index in [4.69, 9.17) is 9.29 Å². The molecule has 8 heteroatoms. The maximum Gasteiger partial charge on any atom is 0.399 e. The zero-order chi connectivity index (χ0) is 36.3. The van der Waals surface area contributed by atoms with Gasteiger partial charge in [-0.25, -0.2) is 8.37 Å². The average molecular weight is 713 g/mol. The molecule has 0 aliphatic rings. The molecule has 0 saturated carbocycles. The molecule has 0 saturated heterocycles. The first-order valence-corrected chi connectivity index (χ1v) is 21.6. The third-order valence-electron chi connectivity index (χ3n) is 9.37. The lowest BCUT2D eigenvalue weighted by Gasteiger charge is -2.26. The molecular formula is C41H76O7S. The Bertz CT molecular complexity index is 889. The Hall–Kier alpha value is -1.35. The zero-order valence-corrected chi connectivity index (χ0v) is 32.9. The number of hydrogen-bond donors (Lipinski definition) is 1. The van der Waals surface area contributed by atoms with Gasteiger partial charge >= 0.3 is 10.4 Å². The van der Waals surface area contributed by atoms with E-state index in [-0.39, 0.29) is 24.4 Å². The highest BCUT2D eigenvalue weighted by Gasteiger charge is 2.41. The molecule has 7 nitrogen and oxygen atoms in total. The van der Waals surface area contributed by atoms with Gasteiger partial charge in [0.15, 0.2) is 0 Å². The van der Waals surface area contributed by atoms with Crippen molar-refractivity contribution in [1.82, 2.24) is 0 Å². The molecule has 0 unspecified atom stereocenters. The number of aliphatic hydroxyl groups is 1. The quantitative estimate of drug-likeness (QED) is 0.0386. The first-order valence-electron chi connectivity index (χ1n) is 20.2. The Balaban J connectivity index is 4.45. The molecule has 0 spiro atoms. The van der Waals surface area contributed by atoms with Gasteiger partial charge in [0, 0.05) is 12.8 Å². The van der Waals surface area contributed by atoms with Gasteiger partial charge in [-0.3, -0.25) is 9.59 Å². The number of aliphatic hydroxyl groups excluding tert-OH is 1. The molecule has 288 valence electrons. The van der Waals surface area contributed by atoms with Crippen LogP contribution >= 0.6 is 0 Å². The Morgan fingerprint density at radius 2 is 0.857 bits per heavy atom. The molecule has 0 aromatic rings. The second-order valence-corrected chi connectivity index (χ2v) is 15.4. The Kier molecular flexibility index (Phi) is 32.8. The van der Waals surface area contributed by atoms with E-state index in [2.05, 4.69) is 42.3 Å². The summed E-state index contributed by atoms with van der Waals surface area (Å²) in [5.74, 6) is -0.555. The summed E-state index contributed by atoms with van der Waals surface area (Å²) < 4.78 is 33.8. The molecule has 0 fully saturated rings. The Morgan fingerprint density at radius 3 is 1.20 bits per heavy atom. The van der Waals surface area contributed by atoms with E-state index in [1.54, 1.807) is 0 Å². The van der Waals surface area contributed by atoms with Crippen LogP contribution in [0.4, 0.5) is 0 Å². The summed E-state index contributed by atoms with van der Waals surface area (Å²) >= 11 is 0. The van der Waals surface area contributed by atoms with Gasteiger partial charge < -0.3 is 5.11 Å². The van der Waals surface area contributed by atoms with Crippen molar-refractivity contribution < 1.29 is 31.5 Å². The predicted molar refractivity (Wildman–Crippen MR) is 205 cm³/mol. The lowest BCUT2D eigenvalue weighted by Crippen LogP contribution is -2.41. The lowest BCUT2D eigenvalue weighted by molar-refractivity contribution is -0.142. The lowest BCUT2D eigenvalue weighted by atomic mass is 9.78. The summed E-state index contributed by atoms with van der Waals surface area (Å²) in [6, 6.07) is 0. The molecule has 0 aromatic heterocycles. The van der Waals surface area contributed by atoms with E-state index >= 15 is 0 Å². The maximum absolute atomic E-state index is 13.3. The minimum absolute atomic E-state index is 0.216. The van der Waals surface area contributed by atoms with Crippen molar-refractivity contribution >= 4 is 22.0 Å². The van der Waals surface area contributed by atoms with E-state index in [0.29, 0.717) is 12.8 Å². The fourth-order valence-electron chi connectivity index (χ4n) is 5.94. The van der Waals surface area contributed by atoms with Crippen LogP contribution in [0.15, 0.2) is 24.3 Å². The monoisotopic (exact) mass is 713 g/mol. The Morgan fingerprint density at radius 1 is 0.531 bits per heavy atom. The van der Waals surface area contributed by atoms with Crippen molar-refractivity contribution in [1.29, 1.82) is 0 Å². The number of rotatable bonds is 38. The van der Waals surface area contributed by atoms with Crippen molar-refractivity contribution in [2.45, 2.75) is 201 Å². The van der Waals surface area contributed by atoms with Crippen molar-refractivity contribution in [3.05, 3.63) is 24.3 Å². The minimum atomic E-state index is -4.42. The van der Waals surface area contributed by atoms with Crippen LogP contribution in [-0.4, -0.2) is 44.9 Å². The summed E-state index contributed by atoms with van der Waals surface area (Å²) in [4.78, 5) is 26.7. The number of ketones is 2. The van der Waals surface area contributed by atoms with Gasteiger partial charge in [0.25, 0.3) is 0 Å². The third kappa shape index (κ3) is 29.0. The predicted octanol–water partition coefficient (Wildman–Crippen LogP) is 11.5. The highest BCUT2D eigenvalue weighted by atomic mass is 32.3. The highest BCUT2D eigenvalue weighted by Crippen LogP contribution is 2.27. The Labute approximate surface area is 302 Å². The molecule has 49 heavy (non-hydrogen) atoms. The van der Waals surface area contributed by atoms with Gasteiger partial charge in [-0.15, -0.1) is 0 Å². The first kappa shape index (κ1) is 47.7. The molecular weight excluding hydrogens is 637 g/mol. The highest BCUT2D eigenvalue weighted by molar-refractivity contribution is 7.81.